The van der Waals surface area contributed by atoms with Crippen molar-refractivity contribution in [2.24, 2.45) is 0 Å². The van der Waals surface area contributed by atoms with E-state index >= 15 is 0 Å². The van der Waals surface area contributed by atoms with Crippen molar-refractivity contribution < 1.29 is 9.47 Å². The van der Waals surface area contributed by atoms with E-state index < -0.39 is 0 Å². The van der Waals surface area contributed by atoms with Crippen molar-refractivity contribution in [1.29, 1.82) is 0 Å². The van der Waals surface area contributed by atoms with E-state index in [1.165, 1.54) is 6.42 Å². The molecular weight excluding hydrogens is 226 g/mol. The van der Waals surface area contributed by atoms with Crippen molar-refractivity contribution in [1.82, 2.24) is 4.90 Å². The average Bonchev–Trinajstić information content (AvgIpc) is 2.22. The predicted molar refractivity (Wildman–Crippen MR) is 67.2 cm³/mol. The lowest BCUT2D eigenvalue weighted by molar-refractivity contribution is -0.127. The highest BCUT2D eigenvalue weighted by Gasteiger charge is 2.32. The third-order valence-corrected chi connectivity index (χ3v) is 3.14. The van der Waals surface area contributed by atoms with Crippen molar-refractivity contribution >= 4 is 11.6 Å². The van der Waals surface area contributed by atoms with Gasteiger partial charge in [-0.05, 0) is 33.2 Å². The summed E-state index contributed by atoms with van der Waals surface area (Å²) in [4.78, 5) is 2.45. The van der Waals surface area contributed by atoms with Crippen LogP contribution < -0.4 is 0 Å². The molecule has 0 aromatic rings. The molecule has 1 aliphatic heterocycles. The summed E-state index contributed by atoms with van der Waals surface area (Å²) in [5.41, 5.74) is -0.0704. The van der Waals surface area contributed by atoms with E-state index in [1.807, 2.05) is 0 Å². The monoisotopic (exact) mass is 249 g/mol. The molecule has 0 aromatic carbocycles. The quantitative estimate of drug-likeness (QED) is 0.532. The van der Waals surface area contributed by atoms with E-state index in [1.54, 1.807) is 7.11 Å². The van der Waals surface area contributed by atoms with Gasteiger partial charge in [-0.3, -0.25) is 4.90 Å². The molecule has 96 valence electrons. The van der Waals surface area contributed by atoms with Crippen LogP contribution in [-0.4, -0.2) is 55.8 Å². The second-order valence-corrected chi connectivity index (χ2v) is 5.40. The Balaban J connectivity index is 2.29. The summed E-state index contributed by atoms with van der Waals surface area (Å²) in [7, 11) is 1.75. The normalized spacial score (nSPS) is 25.9. The Morgan fingerprint density at radius 3 is 2.81 bits per heavy atom. The fourth-order valence-electron chi connectivity index (χ4n) is 2.25. The first-order chi connectivity index (χ1) is 7.57. The summed E-state index contributed by atoms with van der Waals surface area (Å²) in [6.07, 6.45) is 2.48. The average molecular weight is 250 g/mol. The van der Waals surface area contributed by atoms with Gasteiger partial charge in [-0.2, -0.15) is 0 Å². The van der Waals surface area contributed by atoms with Crippen LogP contribution in [-0.2, 0) is 9.47 Å². The maximum Gasteiger partial charge on any atom is 0.0844 e. The molecule has 16 heavy (non-hydrogen) atoms. The molecule has 0 N–H and O–H groups in total. The highest BCUT2D eigenvalue weighted by atomic mass is 35.5. The van der Waals surface area contributed by atoms with Gasteiger partial charge in [-0.1, -0.05) is 0 Å². The first kappa shape index (κ1) is 14.2. The van der Waals surface area contributed by atoms with Crippen LogP contribution in [0, 0.1) is 0 Å². The van der Waals surface area contributed by atoms with Crippen molar-refractivity contribution in [3.8, 4) is 0 Å². The molecule has 0 aliphatic carbocycles. The molecule has 1 saturated heterocycles. The zero-order chi connectivity index (χ0) is 12.0. The van der Waals surface area contributed by atoms with Gasteiger partial charge in [-0.15, -0.1) is 11.6 Å². The number of alkyl halides is 1. The second-order valence-electron chi connectivity index (χ2n) is 5.09. The summed E-state index contributed by atoms with van der Waals surface area (Å²) < 4.78 is 10.9. The molecule has 3 nitrogen and oxygen atoms in total. The van der Waals surface area contributed by atoms with Crippen molar-refractivity contribution in [2.45, 2.75) is 38.4 Å². The lowest BCUT2D eigenvalue weighted by Crippen LogP contribution is -2.53. The number of nitrogens with zero attached hydrogens (tertiary/aromatic N) is 1. The van der Waals surface area contributed by atoms with Gasteiger partial charge < -0.3 is 9.47 Å². The molecule has 1 aliphatic rings. The van der Waals surface area contributed by atoms with Gasteiger partial charge in [0.1, 0.15) is 0 Å². The minimum absolute atomic E-state index is 0.0704. The van der Waals surface area contributed by atoms with E-state index in [0.717, 1.165) is 32.7 Å². The van der Waals surface area contributed by atoms with Gasteiger partial charge in [0.05, 0.1) is 11.7 Å². The molecule has 1 atom stereocenters. The summed E-state index contributed by atoms with van der Waals surface area (Å²) in [6.45, 7) is 8.19. The van der Waals surface area contributed by atoms with Gasteiger partial charge in [0.15, 0.2) is 0 Å². The molecule has 0 radical (unpaired) electrons. The maximum atomic E-state index is 5.89. The Labute approximate surface area is 104 Å². The van der Waals surface area contributed by atoms with Gasteiger partial charge in [-0.25, -0.2) is 0 Å². The maximum absolute atomic E-state index is 5.89. The van der Waals surface area contributed by atoms with Gasteiger partial charge >= 0.3 is 0 Å². The summed E-state index contributed by atoms with van der Waals surface area (Å²) >= 11 is 5.89. The highest BCUT2D eigenvalue weighted by Crippen LogP contribution is 2.21. The van der Waals surface area contributed by atoms with Crippen LogP contribution in [0.5, 0.6) is 0 Å². The number of ether oxygens (including phenoxy) is 2. The standard InChI is InChI=1S/C12H24ClNO2/c1-12(2)10-14(6-4-5-7-15-3)9-11(8-13)16-12/h11H,4-10H2,1-3H3. The van der Waals surface area contributed by atoms with Crippen molar-refractivity contribution in [2.75, 3.05) is 39.2 Å². The Morgan fingerprint density at radius 1 is 1.44 bits per heavy atom. The van der Waals surface area contributed by atoms with E-state index in [9.17, 15) is 0 Å². The van der Waals surface area contributed by atoms with Crippen molar-refractivity contribution in [3.63, 3.8) is 0 Å². The molecule has 1 unspecified atom stereocenters. The van der Waals surface area contributed by atoms with Gasteiger partial charge in [0.25, 0.3) is 0 Å². The van der Waals surface area contributed by atoms with Crippen molar-refractivity contribution in [3.05, 3.63) is 0 Å². The first-order valence-corrected chi connectivity index (χ1v) is 6.56. The second kappa shape index (κ2) is 6.80. The molecule has 0 amide bonds. The molecule has 1 fully saturated rings. The minimum atomic E-state index is -0.0704. The summed E-state index contributed by atoms with van der Waals surface area (Å²) in [5.74, 6) is 0.581. The fraction of sp³-hybridized carbons (Fsp3) is 1.00. The molecule has 4 heteroatoms. The lowest BCUT2D eigenvalue weighted by Gasteiger charge is -2.42. The Kier molecular flexibility index (Phi) is 6.05. The van der Waals surface area contributed by atoms with E-state index in [-0.39, 0.29) is 11.7 Å². The van der Waals surface area contributed by atoms with Crippen LogP contribution in [0.4, 0.5) is 0 Å². The number of unbranched alkanes of at least 4 members (excludes halogenated alkanes) is 1. The Morgan fingerprint density at radius 2 is 2.19 bits per heavy atom. The lowest BCUT2D eigenvalue weighted by atomic mass is 10.1. The minimum Gasteiger partial charge on any atom is -0.385 e. The van der Waals surface area contributed by atoms with E-state index in [2.05, 4.69) is 18.7 Å². The smallest absolute Gasteiger partial charge is 0.0844 e. The largest absolute Gasteiger partial charge is 0.385 e. The number of hydrogen-bond acceptors (Lipinski definition) is 3. The predicted octanol–water partition coefficient (Wildman–Crippen LogP) is 2.13. The first-order valence-electron chi connectivity index (χ1n) is 6.02. The van der Waals surface area contributed by atoms with Crippen LogP contribution in [0.2, 0.25) is 0 Å². The Bertz CT molecular complexity index is 199. The Hall–Kier alpha value is 0.170. The van der Waals surface area contributed by atoms with E-state index in [0.29, 0.717) is 5.88 Å². The third kappa shape index (κ3) is 5.00. The van der Waals surface area contributed by atoms with Gasteiger partial charge in [0.2, 0.25) is 0 Å². The molecule has 0 saturated carbocycles. The molecule has 1 rings (SSSR count). The highest BCUT2D eigenvalue weighted by molar-refractivity contribution is 6.18. The number of rotatable bonds is 6. The SMILES string of the molecule is COCCCCN1CC(CCl)OC(C)(C)C1. The van der Waals surface area contributed by atoms with Crippen LogP contribution in [0.1, 0.15) is 26.7 Å². The van der Waals surface area contributed by atoms with Crippen LogP contribution in [0.15, 0.2) is 0 Å². The molecule has 0 bridgehead atoms. The molecule has 0 spiro atoms. The molecular formula is C12H24ClNO2. The molecule has 0 aromatic heterocycles. The van der Waals surface area contributed by atoms with Crippen LogP contribution >= 0.6 is 11.6 Å². The topological polar surface area (TPSA) is 21.7 Å². The summed E-state index contributed by atoms with van der Waals surface area (Å²) in [6, 6.07) is 0. The van der Waals surface area contributed by atoms with Crippen LogP contribution in [0.3, 0.4) is 0 Å². The number of hydrogen-bond donors (Lipinski definition) is 0. The fourth-order valence-corrected chi connectivity index (χ4v) is 2.41. The number of methoxy groups -OCH3 is 1. The number of morpholine rings is 1. The van der Waals surface area contributed by atoms with Gasteiger partial charge in [0, 0.05) is 32.7 Å². The summed E-state index contributed by atoms with van der Waals surface area (Å²) in [5, 5.41) is 0. The number of halogens is 1. The molecule has 1 heterocycles. The zero-order valence-corrected chi connectivity index (χ0v) is 11.4. The van der Waals surface area contributed by atoms with Crippen LogP contribution in [0.25, 0.3) is 0 Å². The zero-order valence-electron chi connectivity index (χ0n) is 10.7. The third-order valence-electron chi connectivity index (χ3n) is 2.80. The van der Waals surface area contributed by atoms with E-state index in [4.69, 9.17) is 21.1 Å².